The van der Waals surface area contributed by atoms with Crippen molar-refractivity contribution in [3.05, 3.63) is 53.5 Å². The summed E-state index contributed by atoms with van der Waals surface area (Å²) in [6.45, 7) is 14.3. The van der Waals surface area contributed by atoms with Gasteiger partial charge >= 0.3 is 0 Å². The quantitative estimate of drug-likeness (QED) is 0.435. The average molecular weight is 477 g/mol. The van der Waals surface area contributed by atoms with Crippen molar-refractivity contribution in [2.24, 2.45) is 11.8 Å². The summed E-state index contributed by atoms with van der Waals surface area (Å²) in [5.41, 5.74) is 1.97. The number of aliphatic hydroxyl groups is 1. The molecule has 0 saturated heterocycles. The Morgan fingerprint density at radius 3 is 2.37 bits per heavy atom. The topological polar surface area (TPSA) is 80.0 Å². The second-order valence-corrected chi connectivity index (χ2v) is 12.0. The molecule has 0 bridgehead atoms. The van der Waals surface area contributed by atoms with Gasteiger partial charge in [0.25, 0.3) is 5.91 Å². The minimum atomic E-state index is -1.14. The molecule has 35 heavy (non-hydrogen) atoms. The number of pyridine rings is 1. The summed E-state index contributed by atoms with van der Waals surface area (Å²) in [5.74, 6) is 1.23. The number of hydrogen-bond acceptors (Lipinski definition) is 4. The van der Waals surface area contributed by atoms with E-state index < -0.39 is 5.60 Å². The summed E-state index contributed by atoms with van der Waals surface area (Å²) in [4.78, 5) is 17.8. The molecule has 0 spiro atoms. The van der Waals surface area contributed by atoms with Crippen LogP contribution in [0, 0.1) is 11.8 Å². The summed E-state index contributed by atoms with van der Waals surface area (Å²) in [6, 6.07) is 9.75. The highest BCUT2D eigenvalue weighted by atomic mass is 16.3. The second kappa shape index (κ2) is 9.38. The molecule has 0 unspecified atom stereocenters. The van der Waals surface area contributed by atoms with Crippen LogP contribution in [0.25, 0.3) is 10.9 Å². The van der Waals surface area contributed by atoms with E-state index in [2.05, 4.69) is 55.8 Å². The summed E-state index contributed by atoms with van der Waals surface area (Å²) in [5, 5.41) is 19.7. The highest BCUT2D eigenvalue weighted by Crippen LogP contribution is 2.37. The van der Waals surface area contributed by atoms with Gasteiger partial charge in [-0.1, -0.05) is 40.7 Å². The smallest absolute Gasteiger partial charge is 0.274 e. The Morgan fingerprint density at radius 2 is 1.77 bits per heavy atom. The number of carbonyl (C=O) groups excluding carboxylic acids is 1. The fourth-order valence-electron chi connectivity index (χ4n) is 5.09. The third-order valence-electron chi connectivity index (χ3n) is 7.38. The number of anilines is 1. The molecule has 188 valence electrons. The molecule has 6 nitrogen and oxygen atoms in total. The largest absolute Gasteiger partial charge is 0.386 e. The first-order valence-electron chi connectivity index (χ1n) is 12.9. The zero-order valence-corrected chi connectivity index (χ0v) is 22.2. The average Bonchev–Trinajstić information content (AvgIpc) is 3.20. The van der Waals surface area contributed by atoms with Gasteiger partial charge in [-0.05, 0) is 75.6 Å². The molecule has 0 radical (unpaired) electrons. The molecule has 1 fully saturated rings. The first-order chi connectivity index (χ1) is 16.3. The van der Waals surface area contributed by atoms with Crippen LogP contribution < -0.4 is 5.32 Å². The Morgan fingerprint density at radius 1 is 1.09 bits per heavy atom. The first-order valence-corrected chi connectivity index (χ1v) is 12.9. The van der Waals surface area contributed by atoms with Gasteiger partial charge in [-0.25, -0.2) is 4.98 Å². The Balaban J connectivity index is 1.64. The lowest BCUT2D eigenvalue weighted by atomic mass is 9.80. The number of amides is 1. The van der Waals surface area contributed by atoms with Gasteiger partial charge in [0.05, 0.1) is 17.2 Å². The lowest BCUT2D eigenvalue weighted by Gasteiger charge is -2.30. The van der Waals surface area contributed by atoms with E-state index in [0.29, 0.717) is 23.0 Å². The van der Waals surface area contributed by atoms with Crippen molar-refractivity contribution in [1.29, 1.82) is 0 Å². The van der Waals surface area contributed by atoms with Gasteiger partial charge in [-0.3, -0.25) is 9.48 Å². The molecule has 0 aliphatic heterocycles. The van der Waals surface area contributed by atoms with Crippen molar-refractivity contribution < 1.29 is 9.90 Å². The first kappa shape index (κ1) is 25.4. The molecule has 4 rings (SSSR count). The van der Waals surface area contributed by atoms with E-state index in [1.165, 1.54) is 12.8 Å². The summed E-state index contributed by atoms with van der Waals surface area (Å²) < 4.78 is 2.09. The van der Waals surface area contributed by atoms with Gasteiger partial charge < -0.3 is 10.4 Å². The summed E-state index contributed by atoms with van der Waals surface area (Å²) >= 11 is 0. The van der Waals surface area contributed by atoms with Crippen molar-refractivity contribution >= 4 is 22.5 Å². The lowest BCUT2D eigenvalue weighted by molar-refractivity contribution is 0.0793. The van der Waals surface area contributed by atoms with E-state index in [-0.39, 0.29) is 11.3 Å². The maximum atomic E-state index is 13.2. The van der Waals surface area contributed by atoms with Crippen molar-refractivity contribution in [1.82, 2.24) is 14.8 Å². The van der Waals surface area contributed by atoms with Crippen molar-refractivity contribution in [2.45, 2.75) is 91.2 Å². The summed E-state index contributed by atoms with van der Waals surface area (Å²) in [6.07, 6.45) is 6.81. The number of fused-ring (bicyclic) bond motifs is 1. The molecule has 1 aliphatic rings. The van der Waals surface area contributed by atoms with Crippen LogP contribution in [-0.4, -0.2) is 25.8 Å². The van der Waals surface area contributed by atoms with Gasteiger partial charge in [-0.2, -0.15) is 5.10 Å². The molecule has 3 aromatic rings. The molecule has 1 saturated carbocycles. The fraction of sp³-hybridized carbons (Fsp3) is 0.552. The van der Waals surface area contributed by atoms with Crippen LogP contribution in [0.3, 0.4) is 0 Å². The van der Waals surface area contributed by atoms with Crippen molar-refractivity contribution in [3.8, 4) is 0 Å². The van der Waals surface area contributed by atoms with Crippen LogP contribution in [0.15, 0.2) is 36.5 Å². The standard InChI is InChI=1S/C29H40N4O2/c1-18(2)19-11-13-21(14-12-19)33-17-20-15-25(22(29(6,7)35)16-24(20)32-33)31-27(34)23-9-8-10-26(30-23)28(3,4)5/h8-10,15-19,21,35H,11-14H2,1-7H3,(H,31,34)/t19-,21-. The van der Waals surface area contributed by atoms with E-state index in [4.69, 9.17) is 5.10 Å². The van der Waals surface area contributed by atoms with Gasteiger partial charge in [-0.15, -0.1) is 0 Å². The number of rotatable bonds is 5. The summed E-state index contributed by atoms with van der Waals surface area (Å²) in [7, 11) is 0. The number of carbonyl (C=O) groups is 1. The highest BCUT2D eigenvalue weighted by Gasteiger charge is 2.27. The Hall–Kier alpha value is -2.73. The predicted molar refractivity (Wildman–Crippen MR) is 142 cm³/mol. The maximum absolute atomic E-state index is 13.2. The molecule has 1 amide bonds. The van der Waals surface area contributed by atoms with Crippen LogP contribution in [-0.2, 0) is 11.0 Å². The molecule has 1 aromatic carbocycles. The number of nitrogens with one attached hydrogen (secondary N) is 1. The van der Waals surface area contributed by atoms with Crippen LogP contribution in [0.5, 0.6) is 0 Å². The minimum Gasteiger partial charge on any atom is -0.386 e. The molecule has 2 aromatic heterocycles. The van der Waals surface area contributed by atoms with E-state index >= 15 is 0 Å². The van der Waals surface area contributed by atoms with Gasteiger partial charge in [0.15, 0.2) is 0 Å². The zero-order chi connectivity index (χ0) is 25.5. The van der Waals surface area contributed by atoms with E-state index in [9.17, 15) is 9.90 Å². The molecule has 6 heteroatoms. The molecular formula is C29H40N4O2. The Labute approximate surface area is 209 Å². The number of hydrogen-bond donors (Lipinski definition) is 2. The molecule has 2 heterocycles. The Kier molecular flexibility index (Phi) is 6.80. The van der Waals surface area contributed by atoms with Gasteiger partial charge in [0, 0.05) is 33.9 Å². The minimum absolute atomic E-state index is 0.156. The molecule has 2 N–H and O–H groups in total. The van der Waals surface area contributed by atoms with E-state index in [1.807, 2.05) is 24.3 Å². The maximum Gasteiger partial charge on any atom is 0.274 e. The van der Waals surface area contributed by atoms with Gasteiger partial charge in [0.1, 0.15) is 5.69 Å². The van der Waals surface area contributed by atoms with Crippen LogP contribution in [0.4, 0.5) is 5.69 Å². The monoisotopic (exact) mass is 476 g/mol. The number of aromatic nitrogens is 3. The highest BCUT2D eigenvalue weighted by molar-refractivity contribution is 6.04. The third kappa shape index (κ3) is 5.58. The number of nitrogens with zero attached hydrogens (tertiary/aromatic N) is 3. The fourth-order valence-corrected chi connectivity index (χ4v) is 5.09. The third-order valence-corrected chi connectivity index (χ3v) is 7.38. The second-order valence-electron chi connectivity index (χ2n) is 12.0. The van der Waals surface area contributed by atoms with Crippen LogP contribution in [0.1, 0.15) is 102 Å². The number of benzene rings is 1. The van der Waals surface area contributed by atoms with E-state index in [1.54, 1.807) is 19.9 Å². The van der Waals surface area contributed by atoms with Crippen LogP contribution in [0.2, 0.25) is 0 Å². The van der Waals surface area contributed by atoms with Crippen molar-refractivity contribution in [2.75, 3.05) is 5.32 Å². The molecule has 0 atom stereocenters. The van der Waals surface area contributed by atoms with E-state index in [0.717, 1.165) is 41.3 Å². The van der Waals surface area contributed by atoms with Gasteiger partial charge in [0.2, 0.25) is 0 Å². The Bertz CT molecular complexity index is 1210. The van der Waals surface area contributed by atoms with Crippen LogP contribution >= 0.6 is 0 Å². The predicted octanol–water partition coefficient (Wildman–Crippen LogP) is 6.60. The lowest BCUT2D eigenvalue weighted by Crippen LogP contribution is -2.22. The molecular weight excluding hydrogens is 436 g/mol. The molecule has 1 aliphatic carbocycles. The normalized spacial score (nSPS) is 19.3. The SMILES string of the molecule is CC(C)[C@H]1CC[C@H](n2cc3cc(NC(=O)c4cccc(C(C)(C)C)n4)c(C(C)(C)O)cc3n2)CC1. The van der Waals surface area contributed by atoms with Crippen molar-refractivity contribution in [3.63, 3.8) is 0 Å². The zero-order valence-electron chi connectivity index (χ0n) is 22.2.